The van der Waals surface area contributed by atoms with Gasteiger partial charge in [-0.3, -0.25) is 14.6 Å². The Morgan fingerprint density at radius 2 is 2.09 bits per heavy atom. The van der Waals surface area contributed by atoms with Crippen LogP contribution in [0.15, 0.2) is 38.6 Å². The first-order valence-corrected chi connectivity index (χ1v) is 10.4. The summed E-state index contributed by atoms with van der Waals surface area (Å²) in [4.78, 5) is 18.1. The number of carbonyl (C=O) groups is 1. The first-order chi connectivity index (χ1) is 15.6. The molecule has 32 heavy (non-hydrogen) atoms. The predicted octanol–water partition coefficient (Wildman–Crippen LogP) is 0.642. The fourth-order valence-corrected chi connectivity index (χ4v) is 3.86. The van der Waals surface area contributed by atoms with E-state index in [0.717, 1.165) is 11.8 Å². The van der Waals surface area contributed by atoms with Crippen LogP contribution in [0, 0.1) is 22.7 Å². The molecule has 3 aromatic rings. The standard InChI is InChI=1S/C19H16N8O4S/c20-8-12-17(14-2-1-5-30-14)13(9-21)19(24-18(12)22)32-11-15(28)23-16-10-27(25-31-16)26-3-6-29-7-4-26/h1-2,5,10H,3-4,6-7,11H2,(H2-,22,23,24,25,28)/p+1. The van der Waals surface area contributed by atoms with Crippen LogP contribution in [0.2, 0.25) is 0 Å². The van der Waals surface area contributed by atoms with Gasteiger partial charge in [0.25, 0.3) is 6.20 Å². The second-order valence-corrected chi connectivity index (χ2v) is 7.48. The summed E-state index contributed by atoms with van der Waals surface area (Å²) in [5, 5.41) is 27.8. The number of aromatic nitrogens is 3. The molecule has 1 fully saturated rings. The minimum Gasteiger partial charge on any atom is -0.464 e. The van der Waals surface area contributed by atoms with Gasteiger partial charge in [0.15, 0.2) is 0 Å². The Morgan fingerprint density at radius 3 is 2.78 bits per heavy atom. The van der Waals surface area contributed by atoms with E-state index in [4.69, 9.17) is 19.4 Å². The summed E-state index contributed by atoms with van der Waals surface area (Å²) >= 11 is 1.01. The van der Waals surface area contributed by atoms with Crippen LogP contribution in [0.25, 0.3) is 11.3 Å². The Morgan fingerprint density at radius 1 is 1.31 bits per heavy atom. The lowest BCUT2D eigenvalue weighted by Crippen LogP contribution is -2.62. The Bertz CT molecular complexity index is 1210. The Kier molecular flexibility index (Phi) is 6.21. The SMILES string of the molecule is N#Cc1c(N)nc(SCC(=O)Nc2c[n+](N3CCOCC3)no2)c(C#N)c1-c1ccco1. The quantitative estimate of drug-likeness (QED) is 0.396. The number of hydrogen-bond acceptors (Lipinski definition) is 11. The van der Waals surface area contributed by atoms with E-state index in [1.165, 1.54) is 11.1 Å². The molecule has 3 N–H and O–H groups in total. The fraction of sp³-hybridized carbons (Fsp3) is 0.263. The number of nitrogen functional groups attached to an aromatic ring is 1. The average Bonchev–Trinajstić information content (AvgIpc) is 3.50. The van der Waals surface area contributed by atoms with Gasteiger partial charge in [0.1, 0.15) is 34.3 Å². The number of pyridine rings is 1. The summed E-state index contributed by atoms with van der Waals surface area (Å²) in [7, 11) is 0. The number of morpholine rings is 1. The second-order valence-electron chi connectivity index (χ2n) is 6.52. The lowest BCUT2D eigenvalue weighted by atomic mass is 10.0. The molecule has 0 spiro atoms. The highest BCUT2D eigenvalue weighted by Gasteiger charge is 2.25. The molecule has 3 aromatic heterocycles. The Balaban J connectivity index is 1.48. The van der Waals surface area contributed by atoms with Crippen molar-refractivity contribution < 1.29 is 23.3 Å². The van der Waals surface area contributed by atoms with Crippen molar-refractivity contribution in [3.8, 4) is 23.5 Å². The molecule has 0 radical (unpaired) electrons. The Hall–Kier alpha value is -4.07. The normalized spacial score (nSPS) is 13.4. The van der Waals surface area contributed by atoms with Gasteiger partial charge in [0.05, 0.1) is 54.2 Å². The zero-order valence-corrected chi connectivity index (χ0v) is 17.5. The third-order valence-corrected chi connectivity index (χ3v) is 5.49. The van der Waals surface area contributed by atoms with Gasteiger partial charge in [-0.25, -0.2) is 4.98 Å². The molecule has 0 saturated carbocycles. The second kappa shape index (κ2) is 9.38. The maximum atomic E-state index is 12.4. The number of rotatable bonds is 6. The van der Waals surface area contributed by atoms with Crippen molar-refractivity contribution in [3.05, 3.63) is 35.7 Å². The molecule has 12 nitrogen and oxygen atoms in total. The molecule has 0 aromatic carbocycles. The first kappa shape index (κ1) is 21.2. The van der Waals surface area contributed by atoms with Gasteiger partial charge in [-0.15, -0.1) is 5.01 Å². The van der Waals surface area contributed by atoms with Crippen molar-refractivity contribution in [3.63, 3.8) is 0 Å². The van der Waals surface area contributed by atoms with E-state index in [1.807, 2.05) is 17.1 Å². The minimum absolute atomic E-state index is 0.0413. The summed E-state index contributed by atoms with van der Waals surface area (Å²) in [6.45, 7) is 2.47. The smallest absolute Gasteiger partial charge is 0.305 e. The number of anilines is 2. The molecule has 1 amide bonds. The zero-order chi connectivity index (χ0) is 22.5. The van der Waals surface area contributed by atoms with E-state index >= 15 is 0 Å². The van der Waals surface area contributed by atoms with Crippen LogP contribution < -0.4 is 20.9 Å². The number of ether oxygens (including phenoxy) is 1. The van der Waals surface area contributed by atoms with Crippen LogP contribution in [0.5, 0.6) is 0 Å². The average molecular weight is 453 g/mol. The fourth-order valence-electron chi connectivity index (χ4n) is 3.06. The molecule has 0 bridgehead atoms. The van der Waals surface area contributed by atoms with Gasteiger partial charge in [-0.05, 0) is 12.1 Å². The maximum absolute atomic E-state index is 12.4. The summed E-state index contributed by atoms with van der Waals surface area (Å²) < 4.78 is 15.8. The highest BCUT2D eigenvalue weighted by atomic mass is 32.2. The van der Waals surface area contributed by atoms with Gasteiger partial charge in [-0.1, -0.05) is 11.8 Å². The third kappa shape index (κ3) is 4.34. The van der Waals surface area contributed by atoms with Crippen LogP contribution >= 0.6 is 11.8 Å². The number of thioether (sulfide) groups is 1. The van der Waals surface area contributed by atoms with Crippen molar-refractivity contribution >= 4 is 29.4 Å². The number of nitrogens with zero attached hydrogens (tertiary/aromatic N) is 6. The van der Waals surface area contributed by atoms with Crippen molar-refractivity contribution in [2.24, 2.45) is 0 Å². The van der Waals surface area contributed by atoms with Gasteiger partial charge in [-0.2, -0.15) is 10.5 Å². The van der Waals surface area contributed by atoms with Crippen LogP contribution in [-0.2, 0) is 9.53 Å². The zero-order valence-electron chi connectivity index (χ0n) is 16.6. The largest absolute Gasteiger partial charge is 0.464 e. The molecule has 4 heterocycles. The number of amides is 1. The van der Waals surface area contributed by atoms with Gasteiger partial charge >= 0.3 is 5.88 Å². The minimum atomic E-state index is -0.395. The van der Waals surface area contributed by atoms with Crippen LogP contribution in [0.1, 0.15) is 11.1 Å². The van der Waals surface area contributed by atoms with Crippen molar-refractivity contribution in [2.45, 2.75) is 5.03 Å². The highest BCUT2D eigenvalue weighted by Crippen LogP contribution is 2.35. The van der Waals surface area contributed by atoms with Crippen molar-refractivity contribution in [2.75, 3.05) is 48.1 Å². The molecular formula is C19H17N8O4S+. The molecular weight excluding hydrogens is 436 g/mol. The van der Waals surface area contributed by atoms with Crippen LogP contribution in [0.3, 0.4) is 0 Å². The maximum Gasteiger partial charge on any atom is 0.305 e. The highest BCUT2D eigenvalue weighted by molar-refractivity contribution is 8.00. The molecule has 162 valence electrons. The first-order valence-electron chi connectivity index (χ1n) is 9.42. The van der Waals surface area contributed by atoms with E-state index in [-0.39, 0.29) is 39.2 Å². The topological polar surface area (TPSA) is 171 Å². The summed E-state index contributed by atoms with van der Waals surface area (Å²) in [6, 6.07) is 7.25. The monoisotopic (exact) mass is 453 g/mol. The van der Waals surface area contributed by atoms with Crippen molar-refractivity contribution in [1.82, 2.24) is 10.3 Å². The lowest BCUT2D eigenvalue weighted by Gasteiger charge is -2.18. The molecule has 0 unspecified atom stereocenters. The summed E-state index contributed by atoms with van der Waals surface area (Å²) in [6.07, 6.45) is 2.98. The molecule has 0 atom stereocenters. The van der Waals surface area contributed by atoms with Gasteiger partial charge in [0.2, 0.25) is 11.2 Å². The van der Waals surface area contributed by atoms with Gasteiger partial charge < -0.3 is 14.9 Å². The number of nitrogens with two attached hydrogens (primary N) is 1. The molecule has 1 saturated heterocycles. The molecule has 13 heteroatoms. The number of furan rings is 1. The van der Waals surface area contributed by atoms with E-state index in [0.29, 0.717) is 32.1 Å². The third-order valence-electron chi connectivity index (χ3n) is 4.52. The number of nitriles is 2. The molecule has 4 rings (SSSR count). The predicted molar refractivity (Wildman–Crippen MR) is 111 cm³/mol. The lowest BCUT2D eigenvalue weighted by molar-refractivity contribution is -0.759. The number of hydrogen-bond donors (Lipinski definition) is 2. The number of carbonyl (C=O) groups excluding carboxylic acids is 1. The van der Waals surface area contributed by atoms with Crippen LogP contribution in [-0.4, -0.2) is 48.2 Å². The van der Waals surface area contributed by atoms with E-state index in [2.05, 4.69) is 15.6 Å². The van der Waals surface area contributed by atoms with E-state index in [1.54, 1.807) is 18.3 Å². The van der Waals surface area contributed by atoms with Gasteiger partial charge in [0, 0.05) is 0 Å². The van der Waals surface area contributed by atoms with E-state index in [9.17, 15) is 15.3 Å². The summed E-state index contributed by atoms with van der Waals surface area (Å²) in [5.41, 5.74) is 6.32. The molecule has 1 aliphatic rings. The summed E-state index contributed by atoms with van der Waals surface area (Å²) in [5.74, 6) is -0.0434. The molecule has 0 aliphatic carbocycles. The van der Waals surface area contributed by atoms with E-state index < -0.39 is 5.91 Å². The number of nitrogens with one attached hydrogen (secondary N) is 1. The Labute approximate surface area is 186 Å². The molecule has 1 aliphatic heterocycles. The van der Waals surface area contributed by atoms with Crippen LogP contribution in [0.4, 0.5) is 11.7 Å². The van der Waals surface area contributed by atoms with Crippen molar-refractivity contribution in [1.29, 1.82) is 10.5 Å².